The number of carbonyl (C=O) groups excluding carboxylic acids is 4. The molecule has 0 unspecified atom stereocenters. The molecule has 184 valence electrons. The average Bonchev–Trinajstić information content (AvgIpc) is 2.93. The van der Waals surface area contributed by atoms with Crippen molar-refractivity contribution >= 4 is 29.3 Å². The van der Waals surface area contributed by atoms with Crippen LogP contribution in [0.4, 0.5) is 5.69 Å². The molecule has 0 spiro atoms. The van der Waals surface area contributed by atoms with Gasteiger partial charge in [0.25, 0.3) is 5.91 Å². The zero-order chi connectivity index (χ0) is 26.2. The summed E-state index contributed by atoms with van der Waals surface area (Å²) in [6, 6.07) is 27.9. The quantitative estimate of drug-likeness (QED) is 0.198. The van der Waals surface area contributed by atoms with Gasteiger partial charge in [-0.25, -0.2) is 9.59 Å². The lowest BCUT2D eigenvalue weighted by Crippen LogP contribution is -2.15. The first-order valence-corrected chi connectivity index (χ1v) is 11.4. The van der Waals surface area contributed by atoms with Crippen molar-refractivity contribution in [2.45, 2.75) is 6.92 Å². The number of ether oxygens (including phenoxy) is 2. The van der Waals surface area contributed by atoms with E-state index in [2.05, 4.69) is 5.32 Å². The maximum Gasteiger partial charge on any atom is 0.343 e. The van der Waals surface area contributed by atoms with E-state index < -0.39 is 24.3 Å². The van der Waals surface area contributed by atoms with E-state index in [0.29, 0.717) is 22.4 Å². The molecule has 1 amide bonds. The van der Waals surface area contributed by atoms with Gasteiger partial charge in [-0.15, -0.1) is 0 Å². The molecule has 7 heteroatoms. The lowest BCUT2D eigenvalue weighted by atomic mass is 10.1. The summed E-state index contributed by atoms with van der Waals surface area (Å²) in [4.78, 5) is 49.5. The van der Waals surface area contributed by atoms with E-state index in [1.807, 2.05) is 25.1 Å². The molecular weight excluding hydrogens is 470 g/mol. The summed E-state index contributed by atoms with van der Waals surface area (Å²) in [5.74, 6) is -1.65. The predicted molar refractivity (Wildman–Crippen MR) is 138 cm³/mol. The number of ketones is 1. The number of Topliss-reactive ketones (excluding diaryl/α,β-unsaturated/α-hetero) is 1. The number of carbonyl (C=O) groups is 4. The van der Waals surface area contributed by atoms with E-state index in [1.165, 1.54) is 36.4 Å². The molecule has 0 radical (unpaired) electrons. The van der Waals surface area contributed by atoms with Gasteiger partial charge in [0.1, 0.15) is 5.75 Å². The van der Waals surface area contributed by atoms with Crippen LogP contribution in [0, 0.1) is 6.92 Å². The molecule has 0 aliphatic heterocycles. The van der Waals surface area contributed by atoms with Crippen molar-refractivity contribution in [2.24, 2.45) is 0 Å². The van der Waals surface area contributed by atoms with E-state index in [-0.39, 0.29) is 17.2 Å². The Bertz CT molecular complexity index is 1430. The third kappa shape index (κ3) is 6.76. The van der Waals surface area contributed by atoms with Crippen LogP contribution in [0.1, 0.15) is 47.0 Å². The van der Waals surface area contributed by atoms with Gasteiger partial charge in [-0.2, -0.15) is 0 Å². The molecular formula is C30H23NO6. The predicted octanol–water partition coefficient (Wildman–Crippen LogP) is 5.51. The van der Waals surface area contributed by atoms with Gasteiger partial charge in [-0.05, 0) is 73.7 Å². The molecule has 0 saturated heterocycles. The molecule has 4 aromatic rings. The van der Waals surface area contributed by atoms with Crippen LogP contribution in [-0.4, -0.2) is 30.2 Å². The number of benzene rings is 4. The Kier molecular flexibility index (Phi) is 7.85. The fourth-order valence-electron chi connectivity index (χ4n) is 3.38. The van der Waals surface area contributed by atoms with Gasteiger partial charge in [0.15, 0.2) is 12.4 Å². The van der Waals surface area contributed by atoms with Crippen LogP contribution in [0.15, 0.2) is 103 Å². The highest BCUT2D eigenvalue weighted by Crippen LogP contribution is 2.17. The van der Waals surface area contributed by atoms with E-state index in [9.17, 15) is 19.2 Å². The van der Waals surface area contributed by atoms with Crippen LogP contribution in [0.25, 0.3) is 0 Å². The summed E-state index contributed by atoms with van der Waals surface area (Å²) in [6.45, 7) is 1.45. The van der Waals surface area contributed by atoms with Gasteiger partial charge in [0.2, 0.25) is 0 Å². The van der Waals surface area contributed by atoms with Gasteiger partial charge in [-0.1, -0.05) is 42.0 Å². The molecule has 1 N–H and O–H groups in total. The number of hydrogen-bond acceptors (Lipinski definition) is 6. The van der Waals surface area contributed by atoms with Crippen LogP contribution in [0.2, 0.25) is 0 Å². The molecule has 0 fully saturated rings. The second kappa shape index (κ2) is 11.6. The van der Waals surface area contributed by atoms with Crippen molar-refractivity contribution in [1.82, 2.24) is 0 Å². The van der Waals surface area contributed by atoms with Crippen LogP contribution in [-0.2, 0) is 4.74 Å². The molecule has 7 nitrogen and oxygen atoms in total. The smallest absolute Gasteiger partial charge is 0.343 e. The standard InChI is InChI=1S/C30H23NO6/c1-20-10-12-23(13-11-20)30(35)37-26-16-14-21(15-17-26)27(32)19-36-29(34)24-8-5-9-25(18-24)31-28(33)22-6-3-2-4-7-22/h2-18H,19H2,1H3,(H,31,33). The van der Waals surface area contributed by atoms with Crippen LogP contribution in [0.5, 0.6) is 5.75 Å². The van der Waals surface area contributed by atoms with Crippen LogP contribution < -0.4 is 10.1 Å². The summed E-state index contributed by atoms with van der Waals surface area (Å²) < 4.78 is 10.5. The fourth-order valence-corrected chi connectivity index (χ4v) is 3.38. The Morgan fingerprint density at radius 3 is 2.00 bits per heavy atom. The van der Waals surface area contributed by atoms with Crippen molar-refractivity contribution < 1.29 is 28.7 Å². The highest BCUT2D eigenvalue weighted by molar-refractivity contribution is 6.05. The monoisotopic (exact) mass is 493 g/mol. The first-order chi connectivity index (χ1) is 17.9. The maximum absolute atomic E-state index is 12.5. The van der Waals surface area contributed by atoms with Crippen LogP contribution in [0.3, 0.4) is 0 Å². The summed E-state index contributed by atoms with van der Waals surface area (Å²) in [5, 5.41) is 2.73. The topological polar surface area (TPSA) is 98.8 Å². The Hall–Kier alpha value is -5.04. The van der Waals surface area contributed by atoms with Crippen molar-refractivity contribution in [3.8, 4) is 5.75 Å². The van der Waals surface area contributed by atoms with Gasteiger partial charge in [0.05, 0.1) is 11.1 Å². The third-order valence-corrected chi connectivity index (χ3v) is 5.40. The van der Waals surface area contributed by atoms with E-state index in [4.69, 9.17) is 9.47 Å². The lowest BCUT2D eigenvalue weighted by molar-refractivity contribution is 0.0474. The normalized spacial score (nSPS) is 10.3. The SMILES string of the molecule is Cc1ccc(C(=O)Oc2ccc(C(=O)COC(=O)c3cccc(NC(=O)c4ccccc4)c3)cc2)cc1. The zero-order valence-electron chi connectivity index (χ0n) is 20.0. The number of amides is 1. The van der Waals surface area contributed by atoms with Gasteiger partial charge in [0, 0.05) is 16.8 Å². The molecule has 0 saturated carbocycles. The Morgan fingerprint density at radius 1 is 0.649 bits per heavy atom. The van der Waals surface area contributed by atoms with Gasteiger partial charge < -0.3 is 14.8 Å². The van der Waals surface area contributed by atoms with E-state index in [0.717, 1.165) is 5.56 Å². The van der Waals surface area contributed by atoms with Crippen molar-refractivity contribution in [2.75, 3.05) is 11.9 Å². The highest BCUT2D eigenvalue weighted by atomic mass is 16.5. The molecule has 0 heterocycles. The molecule has 4 aromatic carbocycles. The summed E-state index contributed by atoms with van der Waals surface area (Å²) in [5.41, 5.74) is 2.84. The number of nitrogens with one attached hydrogen (secondary N) is 1. The first-order valence-electron chi connectivity index (χ1n) is 11.4. The van der Waals surface area contributed by atoms with Crippen molar-refractivity contribution in [3.05, 3.63) is 131 Å². The zero-order valence-corrected chi connectivity index (χ0v) is 20.0. The lowest BCUT2D eigenvalue weighted by Gasteiger charge is -2.08. The summed E-state index contributed by atoms with van der Waals surface area (Å²) in [6.07, 6.45) is 0. The van der Waals surface area contributed by atoms with Gasteiger partial charge in [-0.3, -0.25) is 9.59 Å². The molecule has 0 atom stereocenters. The Morgan fingerprint density at radius 2 is 1.30 bits per heavy atom. The van der Waals surface area contributed by atoms with Crippen LogP contribution >= 0.6 is 0 Å². The largest absolute Gasteiger partial charge is 0.454 e. The number of esters is 2. The minimum Gasteiger partial charge on any atom is -0.454 e. The second-order valence-electron chi connectivity index (χ2n) is 8.18. The van der Waals surface area contributed by atoms with Crippen molar-refractivity contribution in [3.63, 3.8) is 0 Å². The highest BCUT2D eigenvalue weighted by Gasteiger charge is 2.14. The maximum atomic E-state index is 12.5. The number of rotatable bonds is 8. The van der Waals surface area contributed by atoms with E-state index >= 15 is 0 Å². The van der Waals surface area contributed by atoms with Crippen molar-refractivity contribution in [1.29, 1.82) is 0 Å². The molecule has 0 bridgehead atoms. The number of hydrogen-bond donors (Lipinski definition) is 1. The molecule has 37 heavy (non-hydrogen) atoms. The molecule has 0 aliphatic rings. The van der Waals surface area contributed by atoms with E-state index in [1.54, 1.807) is 48.5 Å². The Labute approximate surface area is 213 Å². The minimum absolute atomic E-state index is 0.192. The molecule has 4 rings (SSSR count). The average molecular weight is 494 g/mol. The summed E-state index contributed by atoms with van der Waals surface area (Å²) in [7, 11) is 0. The fraction of sp³-hybridized carbons (Fsp3) is 0.0667. The first kappa shape index (κ1) is 25.1. The second-order valence-corrected chi connectivity index (χ2v) is 8.18. The number of anilines is 1. The molecule has 0 aliphatic carbocycles. The van der Waals surface area contributed by atoms with Gasteiger partial charge >= 0.3 is 11.9 Å². The Balaban J connectivity index is 1.30. The summed E-state index contributed by atoms with van der Waals surface area (Å²) >= 11 is 0. The number of aryl methyl sites for hydroxylation is 1. The molecule has 0 aromatic heterocycles. The minimum atomic E-state index is -0.701. The third-order valence-electron chi connectivity index (χ3n) is 5.40.